The van der Waals surface area contributed by atoms with Gasteiger partial charge in [-0.2, -0.15) is 17.6 Å². The van der Waals surface area contributed by atoms with E-state index in [9.17, 15) is 17.6 Å². The third-order valence-corrected chi connectivity index (χ3v) is 3.87. The van der Waals surface area contributed by atoms with Crippen molar-refractivity contribution in [2.45, 2.75) is 33.2 Å². The summed E-state index contributed by atoms with van der Waals surface area (Å²) in [5, 5.41) is 5.93. The summed E-state index contributed by atoms with van der Waals surface area (Å²) in [4.78, 5) is 4.04. The minimum Gasteiger partial charge on any atom is -0.490 e. The van der Waals surface area contributed by atoms with E-state index < -0.39 is 13.2 Å². The molecule has 0 radical (unpaired) electrons. The molecule has 0 aliphatic rings. The van der Waals surface area contributed by atoms with Gasteiger partial charge in [0.05, 0.1) is 6.61 Å². The Kier molecular flexibility index (Phi) is 11.8. The van der Waals surface area contributed by atoms with Gasteiger partial charge >= 0.3 is 13.2 Å². The summed E-state index contributed by atoms with van der Waals surface area (Å²) in [6, 6.07) is 11.2. The quantitative estimate of drug-likeness (QED) is 0.191. The molecule has 0 heterocycles. The van der Waals surface area contributed by atoms with E-state index in [1.807, 2.05) is 0 Å². The zero-order chi connectivity index (χ0) is 21.9. The number of halogens is 5. The molecule has 11 heteroatoms. The molecule has 2 aromatic carbocycles. The van der Waals surface area contributed by atoms with E-state index in [2.05, 4.69) is 25.1 Å². The van der Waals surface area contributed by atoms with Crippen molar-refractivity contribution in [3.05, 3.63) is 53.6 Å². The highest BCUT2D eigenvalue weighted by Crippen LogP contribution is 2.32. The van der Waals surface area contributed by atoms with Crippen LogP contribution in [0.4, 0.5) is 17.6 Å². The van der Waals surface area contributed by atoms with Crippen LogP contribution in [0, 0.1) is 0 Å². The molecular weight excluding hydrogens is 533 g/mol. The molecule has 2 rings (SSSR count). The molecule has 31 heavy (non-hydrogen) atoms. The fraction of sp³-hybridized carbons (Fsp3) is 0.350. The molecule has 0 aromatic heterocycles. The van der Waals surface area contributed by atoms with Crippen LogP contribution in [0.1, 0.15) is 18.1 Å². The molecule has 0 bridgehead atoms. The van der Waals surface area contributed by atoms with Crippen molar-refractivity contribution in [1.82, 2.24) is 10.6 Å². The van der Waals surface area contributed by atoms with Gasteiger partial charge in [0.15, 0.2) is 17.5 Å². The third-order valence-electron chi connectivity index (χ3n) is 3.87. The molecule has 2 N–H and O–H groups in total. The zero-order valence-corrected chi connectivity index (χ0v) is 19.2. The highest BCUT2D eigenvalue weighted by Gasteiger charge is 2.16. The number of nitrogens with zero attached hydrogens (tertiary/aromatic N) is 1. The molecule has 6 nitrogen and oxygen atoms in total. The van der Waals surface area contributed by atoms with Crippen LogP contribution in [0.15, 0.2) is 47.5 Å². The second-order valence-electron chi connectivity index (χ2n) is 5.82. The molecule has 0 amide bonds. The van der Waals surface area contributed by atoms with Gasteiger partial charge in [0.1, 0.15) is 5.75 Å². The van der Waals surface area contributed by atoms with Crippen molar-refractivity contribution < 1.29 is 31.8 Å². The smallest absolute Gasteiger partial charge is 0.387 e. The molecule has 0 spiro atoms. The van der Waals surface area contributed by atoms with Crippen molar-refractivity contribution in [2.75, 3.05) is 13.7 Å². The Hall–Kier alpha value is -2.44. The van der Waals surface area contributed by atoms with Crippen molar-refractivity contribution in [3.8, 4) is 17.2 Å². The van der Waals surface area contributed by atoms with Crippen LogP contribution in [0.3, 0.4) is 0 Å². The van der Waals surface area contributed by atoms with Crippen molar-refractivity contribution in [1.29, 1.82) is 0 Å². The van der Waals surface area contributed by atoms with Crippen LogP contribution in [-0.2, 0) is 13.1 Å². The molecule has 0 fully saturated rings. The Morgan fingerprint density at radius 3 is 2.06 bits per heavy atom. The summed E-state index contributed by atoms with van der Waals surface area (Å²) in [5.74, 6) is 0.519. The molecule has 0 saturated carbocycles. The Morgan fingerprint density at radius 2 is 1.45 bits per heavy atom. The standard InChI is InChI=1S/C20H23F4N3O3.HI/c1-3-28-16-10-6-8-14(17(16)30-19(23)24)12-27-20(25-2)26-11-13-7-4-5-9-15(13)29-18(21)22;/h4-10,18-19H,3,11-12H2,1-2H3,(H2,25,26,27);1H. The Bertz CT molecular complexity index is 841. The average molecular weight is 557 g/mol. The first-order valence-electron chi connectivity index (χ1n) is 9.11. The number of para-hydroxylation sites is 2. The second kappa shape index (κ2) is 13.8. The van der Waals surface area contributed by atoms with E-state index >= 15 is 0 Å². The lowest BCUT2D eigenvalue weighted by Crippen LogP contribution is -2.36. The first kappa shape index (κ1) is 26.6. The maximum Gasteiger partial charge on any atom is 0.387 e. The summed E-state index contributed by atoms with van der Waals surface area (Å²) < 4.78 is 65.2. The van der Waals surface area contributed by atoms with Crippen molar-refractivity contribution in [3.63, 3.8) is 0 Å². The topological polar surface area (TPSA) is 64.1 Å². The minimum absolute atomic E-state index is 0. The molecule has 0 aliphatic heterocycles. The summed E-state index contributed by atoms with van der Waals surface area (Å²) in [7, 11) is 1.52. The minimum atomic E-state index is -3.01. The van der Waals surface area contributed by atoms with Crippen LogP contribution in [-0.4, -0.2) is 32.8 Å². The van der Waals surface area contributed by atoms with Crippen LogP contribution in [0.5, 0.6) is 17.2 Å². The highest BCUT2D eigenvalue weighted by molar-refractivity contribution is 14.0. The van der Waals surface area contributed by atoms with Crippen molar-refractivity contribution >= 4 is 29.9 Å². The van der Waals surface area contributed by atoms with E-state index in [1.165, 1.54) is 19.2 Å². The van der Waals surface area contributed by atoms with Gasteiger partial charge in [0.2, 0.25) is 0 Å². The summed E-state index contributed by atoms with van der Waals surface area (Å²) in [5.41, 5.74) is 0.937. The molecule has 172 valence electrons. The number of nitrogens with one attached hydrogen (secondary N) is 2. The Labute approximate surface area is 195 Å². The third kappa shape index (κ3) is 8.67. The predicted molar refractivity (Wildman–Crippen MR) is 120 cm³/mol. The Balaban J connectivity index is 0.00000480. The number of aliphatic imine (C=N–C) groups is 1. The maximum absolute atomic E-state index is 12.8. The molecule has 0 saturated heterocycles. The number of benzene rings is 2. The first-order valence-corrected chi connectivity index (χ1v) is 9.11. The average Bonchev–Trinajstić information content (AvgIpc) is 2.70. The van der Waals surface area contributed by atoms with Gasteiger partial charge in [-0.1, -0.05) is 30.3 Å². The van der Waals surface area contributed by atoms with Gasteiger partial charge < -0.3 is 24.8 Å². The number of hydrogen-bond acceptors (Lipinski definition) is 4. The van der Waals surface area contributed by atoms with Gasteiger partial charge in [0.25, 0.3) is 0 Å². The molecule has 0 unspecified atom stereocenters. The van der Waals surface area contributed by atoms with Crippen molar-refractivity contribution in [2.24, 2.45) is 4.99 Å². The number of guanidine groups is 1. The zero-order valence-electron chi connectivity index (χ0n) is 16.9. The summed E-state index contributed by atoms with van der Waals surface area (Å²) in [6.45, 7) is -3.65. The lowest BCUT2D eigenvalue weighted by Gasteiger charge is -2.17. The van der Waals surface area contributed by atoms with Crippen LogP contribution < -0.4 is 24.8 Å². The van der Waals surface area contributed by atoms with E-state index in [4.69, 9.17) is 4.74 Å². The normalized spacial score (nSPS) is 11.2. The van der Waals surface area contributed by atoms with E-state index in [0.29, 0.717) is 23.7 Å². The number of hydrogen-bond donors (Lipinski definition) is 2. The largest absolute Gasteiger partial charge is 0.490 e. The van der Waals surface area contributed by atoms with E-state index in [0.717, 1.165) is 0 Å². The lowest BCUT2D eigenvalue weighted by molar-refractivity contribution is -0.0522. The number of alkyl halides is 4. The van der Waals surface area contributed by atoms with Crippen LogP contribution in [0.25, 0.3) is 0 Å². The second-order valence-corrected chi connectivity index (χ2v) is 5.82. The van der Waals surface area contributed by atoms with Crippen LogP contribution in [0.2, 0.25) is 0 Å². The highest BCUT2D eigenvalue weighted by atomic mass is 127. The van der Waals surface area contributed by atoms with Gasteiger partial charge in [0, 0.05) is 31.3 Å². The fourth-order valence-corrected chi connectivity index (χ4v) is 2.63. The lowest BCUT2D eigenvalue weighted by atomic mass is 10.2. The van der Waals surface area contributed by atoms with Gasteiger partial charge in [-0.15, -0.1) is 24.0 Å². The van der Waals surface area contributed by atoms with Gasteiger partial charge in [-0.05, 0) is 19.1 Å². The predicted octanol–water partition coefficient (Wildman–Crippen LogP) is 4.77. The monoisotopic (exact) mass is 557 g/mol. The number of rotatable bonds is 10. The molecular formula is C20H24F4IN3O3. The molecule has 0 aliphatic carbocycles. The van der Waals surface area contributed by atoms with Crippen LogP contribution >= 0.6 is 24.0 Å². The summed E-state index contributed by atoms with van der Waals surface area (Å²) >= 11 is 0. The first-order chi connectivity index (χ1) is 14.4. The fourth-order valence-electron chi connectivity index (χ4n) is 2.63. The van der Waals surface area contributed by atoms with E-state index in [1.54, 1.807) is 37.3 Å². The summed E-state index contributed by atoms with van der Waals surface area (Å²) in [6.07, 6.45) is 0. The van der Waals surface area contributed by atoms with Gasteiger partial charge in [-0.3, -0.25) is 4.99 Å². The SMILES string of the molecule is CCOc1cccc(CNC(=NC)NCc2ccccc2OC(F)F)c1OC(F)F.I. The Morgan fingerprint density at radius 1 is 0.871 bits per heavy atom. The van der Waals surface area contributed by atoms with E-state index in [-0.39, 0.29) is 54.3 Å². The maximum atomic E-state index is 12.8. The molecule has 0 atom stereocenters. The molecule has 2 aromatic rings. The van der Waals surface area contributed by atoms with Gasteiger partial charge in [-0.25, -0.2) is 0 Å². The number of ether oxygens (including phenoxy) is 3.